The summed E-state index contributed by atoms with van der Waals surface area (Å²) >= 11 is 0. The van der Waals surface area contributed by atoms with Gasteiger partial charge < -0.3 is 15.4 Å². The summed E-state index contributed by atoms with van der Waals surface area (Å²) in [6.07, 6.45) is 3.74. The molecule has 0 aliphatic carbocycles. The topological polar surface area (TPSA) is 63.5 Å². The maximum absolute atomic E-state index is 5.80. The second-order valence-electron chi connectivity index (χ2n) is 5.41. The molecule has 0 radical (unpaired) electrons. The summed E-state index contributed by atoms with van der Waals surface area (Å²) in [5.74, 6) is 2.29. The normalized spacial score (nSPS) is 15.0. The van der Waals surface area contributed by atoms with E-state index < -0.39 is 0 Å². The molecule has 2 N–H and O–H groups in total. The molecular weight excluding hydrogens is 290 g/mol. The molecule has 1 aliphatic heterocycles. The monoisotopic (exact) mass is 307 g/mol. The second-order valence-corrected chi connectivity index (χ2v) is 5.41. The van der Waals surface area contributed by atoms with Gasteiger partial charge in [-0.1, -0.05) is 18.7 Å². The molecule has 116 valence electrons. The fraction of sp³-hybridized carbons (Fsp3) is 0.176. The molecule has 4 rings (SSSR count). The van der Waals surface area contributed by atoms with Crippen LogP contribution >= 0.6 is 0 Å². The first-order valence-corrected chi connectivity index (χ1v) is 7.55. The number of benzene rings is 1. The first-order valence-electron chi connectivity index (χ1n) is 7.55. The van der Waals surface area contributed by atoms with Crippen LogP contribution in [0.5, 0.6) is 5.75 Å². The van der Waals surface area contributed by atoms with E-state index >= 15 is 0 Å². The van der Waals surface area contributed by atoms with Crippen LogP contribution < -0.4 is 15.4 Å². The summed E-state index contributed by atoms with van der Waals surface area (Å²) in [5.41, 5.74) is 2.80. The van der Waals surface area contributed by atoms with Crippen LogP contribution in [0.4, 0.5) is 5.82 Å². The van der Waals surface area contributed by atoms with Crippen LogP contribution in [0.3, 0.4) is 0 Å². The minimum Gasteiger partial charge on any atom is -0.461 e. The lowest BCUT2D eigenvalue weighted by Gasteiger charge is -2.12. The van der Waals surface area contributed by atoms with E-state index in [0.717, 1.165) is 41.4 Å². The maximum Gasteiger partial charge on any atom is 0.165 e. The molecular formula is C17H17N5O. The van der Waals surface area contributed by atoms with Crippen molar-refractivity contribution in [3.05, 3.63) is 55.1 Å². The van der Waals surface area contributed by atoms with Crippen molar-refractivity contribution < 1.29 is 4.74 Å². The van der Waals surface area contributed by atoms with Crippen LogP contribution in [0.25, 0.3) is 16.8 Å². The van der Waals surface area contributed by atoms with E-state index in [-0.39, 0.29) is 0 Å². The lowest BCUT2D eigenvalue weighted by atomic mass is 10.1. The number of nitrogens with zero attached hydrogens (tertiary/aromatic N) is 3. The van der Waals surface area contributed by atoms with Gasteiger partial charge in [-0.3, -0.25) is 0 Å². The van der Waals surface area contributed by atoms with Gasteiger partial charge in [-0.25, -0.2) is 9.50 Å². The quantitative estimate of drug-likeness (QED) is 0.667. The van der Waals surface area contributed by atoms with Gasteiger partial charge in [-0.2, -0.15) is 5.10 Å². The maximum atomic E-state index is 5.80. The van der Waals surface area contributed by atoms with Gasteiger partial charge in [0.1, 0.15) is 17.3 Å². The molecule has 0 amide bonds. The van der Waals surface area contributed by atoms with Crippen molar-refractivity contribution in [2.75, 3.05) is 25.0 Å². The number of nitrogens with one attached hydrogen (secondary N) is 2. The first kappa shape index (κ1) is 13.8. The predicted octanol–water partition coefficient (Wildman–Crippen LogP) is 2.30. The highest BCUT2D eigenvalue weighted by Gasteiger charge is 2.11. The fourth-order valence-electron chi connectivity index (χ4n) is 2.61. The highest BCUT2D eigenvalue weighted by molar-refractivity contribution is 5.78. The molecule has 1 aromatic carbocycles. The number of rotatable bonds is 0. The van der Waals surface area contributed by atoms with Gasteiger partial charge in [0, 0.05) is 24.8 Å². The van der Waals surface area contributed by atoms with Crippen LogP contribution in [-0.4, -0.2) is 34.2 Å². The van der Waals surface area contributed by atoms with Gasteiger partial charge in [0.15, 0.2) is 5.65 Å². The summed E-state index contributed by atoms with van der Waals surface area (Å²) < 4.78 is 7.58. The van der Waals surface area contributed by atoms with E-state index in [1.807, 2.05) is 42.7 Å². The lowest BCUT2D eigenvalue weighted by molar-refractivity contribution is 0.407. The van der Waals surface area contributed by atoms with Crippen LogP contribution in [0.15, 0.2) is 55.1 Å². The van der Waals surface area contributed by atoms with E-state index in [9.17, 15) is 0 Å². The zero-order valence-corrected chi connectivity index (χ0v) is 12.6. The van der Waals surface area contributed by atoms with Crippen molar-refractivity contribution in [3.8, 4) is 16.9 Å². The Bertz CT molecular complexity index is 870. The number of hydrogen-bond donors (Lipinski definition) is 2. The predicted molar refractivity (Wildman–Crippen MR) is 89.6 cm³/mol. The Balaban J connectivity index is 1.84. The van der Waals surface area contributed by atoms with Crippen molar-refractivity contribution in [1.82, 2.24) is 19.9 Å². The van der Waals surface area contributed by atoms with Crippen molar-refractivity contribution in [3.63, 3.8) is 0 Å². The largest absolute Gasteiger partial charge is 0.461 e. The van der Waals surface area contributed by atoms with Gasteiger partial charge in [0.2, 0.25) is 0 Å². The van der Waals surface area contributed by atoms with Crippen LogP contribution in [0.1, 0.15) is 0 Å². The number of anilines is 1. The molecule has 1 aliphatic rings. The van der Waals surface area contributed by atoms with Crippen LogP contribution in [0.2, 0.25) is 0 Å². The smallest absolute Gasteiger partial charge is 0.165 e. The third-order valence-corrected chi connectivity index (χ3v) is 3.71. The van der Waals surface area contributed by atoms with Gasteiger partial charge >= 0.3 is 0 Å². The molecule has 3 heterocycles. The Morgan fingerprint density at radius 3 is 3.13 bits per heavy atom. The Morgan fingerprint density at radius 2 is 2.17 bits per heavy atom. The number of ether oxygens (including phenoxy) is 1. The van der Waals surface area contributed by atoms with Crippen molar-refractivity contribution in [2.24, 2.45) is 0 Å². The third-order valence-electron chi connectivity index (χ3n) is 3.71. The minimum atomic E-state index is 0.609. The summed E-state index contributed by atoms with van der Waals surface area (Å²) in [5, 5.41) is 11.0. The van der Waals surface area contributed by atoms with Gasteiger partial charge in [0.05, 0.1) is 12.7 Å². The minimum absolute atomic E-state index is 0.609. The molecule has 3 aromatic rings. The fourth-order valence-corrected chi connectivity index (χ4v) is 2.61. The Hall–Kier alpha value is -2.86. The zero-order valence-electron chi connectivity index (χ0n) is 12.6. The molecule has 0 unspecified atom stereocenters. The van der Waals surface area contributed by atoms with E-state index in [4.69, 9.17) is 4.74 Å². The van der Waals surface area contributed by atoms with Gasteiger partial charge in [-0.05, 0) is 23.8 Å². The van der Waals surface area contributed by atoms with E-state index in [0.29, 0.717) is 12.3 Å². The lowest BCUT2D eigenvalue weighted by Crippen LogP contribution is -2.25. The molecule has 0 atom stereocenters. The molecule has 0 saturated carbocycles. The average Bonchev–Trinajstić information content (AvgIpc) is 2.97. The molecule has 0 fully saturated rings. The molecule has 23 heavy (non-hydrogen) atoms. The SMILES string of the molecule is C=C1CNCCNc2ccn3ncc(c3n2)-c2cccc(c2)O1. The number of fused-ring (bicyclic) bond motifs is 4. The molecule has 0 saturated heterocycles. The Kier molecular flexibility index (Phi) is 3.44. The molecule has 6 heteroatoms. The highest BCUT2D eigenvalue weighted by Crippen LogP contribution is 2.28. The Labute approximate surface area is 133 Å². The van der Waals surface area contributed by atoms with E-state index in [1.165, 1.54) is 0 Å². The summed E-state index contributed by atoms with van der Waals surface area (Å²) in [4.78, 5) is 4.68. The summed E-state index contributed by atoms with van der Waals surface area (Å²) in [6.45, 7) is 6.13. The van der Waals surface area contributed by atoms with Gasteiger partial charge in [0.25, 0.3) is 0 Å². The standard InChI is InChI=1S/C17H17N5O/c1-12-10-18-6-7-19-16-5-8-22-17(21-16)15(11-20-22)13-3-2-4-14(9-13)23-12/h2-5,8-9,11,18H,1,6-7,10H2,(H,19,21). The Morgan fingerprint density at radius 1 is 1.22 bits per heavy atom. The van der Waals surface area contributed by atoms with E-state index in [1.54, 1.807) is 4.52 Å². The zero-order chi connectivity index (χ0) is 15.6. The highest BCUT2D eigenvalue weighted by atomic mass is 16.5. The molecule has 0 spiro atoms. The molecule has 2 aromatic heterocycles. The van der Waals surface area contributed by atoms with Crippen molar-refractivity contribution >= 4 is 11.5 Å². The molecule has 6 nitrogen and oxygen atoms in total. The third kappa shape index (κ3) is 2.76. The summed E-state index contributed by atoms with van der Waals surface area (Å²) in [6, 6.07) is 9.82. The van der Waals surface area contributed by atoms with Gasteiger partial charge in [-0.15, -0.1) is 0 Å². The van der Waals surface area contributed by atoms with Crippen LogP contribution in [-0.2, 0) is 0 Å². The number of aromatic nitrogens is 3. The van der Waals surface area contributed by atoms with Crippen LogP contribution in [0, 0.1) is 0 Å². The van der Waals surface area contributed by atoms with E-state index in [2.05, 4.69) is 27.3 Å². The summed E-state index contributed by atoms with van der Waals surface area (Å²) in [7, 11) is 0. The van der Waals surface area contributed by atoms with Crippen molar-refractivity contribution in [2.45, 2.75) is 0 Å². The number of hydrogen-bond acceptors (Lipinski definition) is 5. The van der Waals surface area contributed by atoms with Crippen molar-refractivity contribution in [1.29, 1.82) is 0 Å². The first-order chi connectivity index (χ1) is 11.3. The molecule has 4 bridgehead atoms. The second kappa shape index (κ2) is 5.73. The average molecular weight is 307 g/mol.